The van der Waals surface area contributed by atoms with Gasteiger partial charge in [0.25, 0.3) is 0 Å². The van der Waals surface area contributed by atoms with E-state index >= 15 is 0 Å². The Labute approximate surface area is 129 Å². The second-order valence-corrected chi connectivity index (χ2v) is 5.53. The first kappa shape index (κ1) is 21.3. The average Bonchev–Trinajstić information content (AvgIpc) is 2.28. The molecule has 4 nitrogen and oxygen atoms in total. The first-order chi connectivity index (χ1) is 7.91. The number of likely N-dealkylation sites (tertiary alicyclic amines) is 1. The van der Waals surface area contributed by atoms with E-state index in [1.165, 1.54) is 0 Å². The zero-order valence-electron chi connectivity index (χ0n) is 12.5. The molecule has 6 heteroatoms. The molecule has 1 heterocycles. The van der Waals surface area contributed by atoms with E-state index in [9.17, 15) is 4.79 Å². The number of amides is 1. The maximum atomic E-state index is 12.0. The summed E-state index contributed by atoms with van der Waals surface area (Å²) in [5, 5.41) is 0. The molecule has 2 N–H and O–H groups in total. The Kier molecular flexibility index (Phi) is 11.0. The van der Waals surface area contributed by atoms with Gasteiger partial charge in [-0.15, -0.1) is 24.8 Å². The van der Waals surface area contributed by atoms with Gasteiger partial charge in [-0.05, 0) is 40.2 Å². The summed E-state index contributed by atoms with van der Waals surface area (Å²) in [5.41, 5.74) is 5.68. The fourth-order valence-electron chi connectivity index (χ4n) is 2.35. The molecule has 0 saturated carbocycles. The van der Waals surface area contributed by atoms with Crippen molar-refractivity contribution < 1.29 is 4.79 Å². The highest BCUT2D eigenvalue weighted by molar-refractivity contribution is 5.85. The van der Waals surface area contributed by atoms with Crippen molar-refractivity contribution in [2.45, 2.75) is 57.7 Å². The molecule has 3 atom stereocenters. The summed E-state index contributed by atoms with van der Waals surface area (Å²) < 4.78 is 0. The smallest absolute Gasteiger partial charge is 0.222 e. The van der Waals surface area contributed by atoms with Crippen molar-refractivity contribution in [3.05, 3.63) is 0 Å². The van der Waals surface area contributed by atoms with Crippen molar-refractivity contribution in [1.82, 2.24) is 9.80 Å². The maximum absolute atomic E-state index is 12.0. The van der Waals surface area contributed by atoms with E-state index in [2.05, 4.69) is 18.9 Å². The highest BCUT2D eigenvalue weighted by Crippen LogP contribution is 2.20. The third-order valence-corrected chi connectivity index (χ3v) is 3.94. The molecule has 1 rings (SSSR count). The molecule has 0 aliphatic carbocycles. The molecule has 19 heavy (non-hydrogen) atoms. The van der Waals surface area contributed by atoms with Gasteiger partial charge in [-0.1, -0.05) is 0 Å². The zero-order chi connectivity index (χ0) is 13.0. The van der Waals surface area contributed by atoms with Crippen molar-refractivity contribution >= 4 is 30.7 Å². The molecular formula is C13H29Cl2N3O. The minimum Gasteiger partial charge on any atom is -0.343 e. The fraction of sp³-hybridized carbons (Fsp3) is 0.923. The van der Waals surface area contributed by atoms with Gasteiger partial charge in [0.05, 0.1) is 0 Å². The Hall–Kier alpha value is -0.0300. The molecule has 1 aliphatic rings. The molecule has 0 bridgehead atoms. The van der Waals surface area contributed by atoms with Gasteiger partial charge in [0.2, 0.25) is 5.91 Å². The number of nitrogens with zero attached hydrogens (tertiary/aromatic N) is 2. The van der Waals surface area contributed by atoms with Gasteiger partial charge in [-0.25, -0.2) is 0 Å². The van der Waals surface area contributed by atoms with Crippen LogP contribution < -0.4 is 5.73 Å². The molecule has 1 aliphatic heterocycles. The number of nitrogens with two attached hydrogens (primary N) is 1. The lowest BCUT2D eigenvalue weighted by Gasteiger charge is -2.39. The van der Waals surface area contributed by atoms with Crippen LogP contribution in [0.25, 0.3) is 0 Å². The zero-order valence-corrected chi connectivity index (χ0v) is 14.1. The standard InChI is InChI=1S/C13H27N3O.2ClH/c1-10(14)5-6-13(17)16(4)12-7-8-15(3)11(2)9-12;;/h10-12H,5-9,14H2,1-4H3;2*1H. The Morgan fingerprint density at radius 3 is 2.53 bits per heavy atom. The molecule has 0 aromatic rings. The molecule has 0 spiro atoms. The summed E-state index contributed by atoms with van der Waals surface area (Å²) in [5.74, 6) is 0.240. The minimum atomic E-state index is 0. The summed E-state index contributed by atoms with van der Waals surface area (Å²) in [6.45, 7) is 5.26. The molecule has 3 unspecified atom stereocenters. The van der Waals surface area contributed by atoms with Crippen LogP contribution in [0.4, 0.5) is 0 Å². The lowest BCUT2D eigenvalue weighted by atomic mass is 9.97. The second-order valence-electron chi connectivity index (χ2n) is 5.53. The van der Waals surface area contributed by atoms with Gasteiger partial charge in [0.15, 0.2) is 0 Å². The molecule has 1 saturated heterocycles. The van der Waals surface area contributed by atoms with Crippen LogP contribution in [0.2, 0.25) is 0 Å². The van der Waals surface area contributed by atoms with Crippen molar-refractivity contribution in [3.63, 3.8) is 0 Å². The first-order valence-corrected chi connectivity index (χ1v) is 6.63. The molecule has 0 aromatic heterocycles. The third kappa shape index (κ3) is 6.80. The number of piperidine rings is 1. The topological polar surface area (TPSA) is 49.6 Å². The molecule has 1 fully saturated rings. The lowest BCUT2D eigenvalue weighted by molar-refractivity contribution is -0.133. The lowest BCUT2D eigenvalue weighted by Crippen LogP contribution is -2.48. The SMILES string of the molecule is CC(N)CCC(=O)N(C)C1CCN(C)C(C)C1.Cl.Cl. The highest BCUT2D eigenvalue weighted by Gasteiger charge is 2.27. The van der Waals surface area contributed by atoms with E-state index in [0.29, 0.717) is 18.5 Å². The number of rotatable bonds is 4. The fourth-order valence-corrected chi connectivity index (χ4v) is 2.35. The number of carbonyl (C=O) groups excluding carboxylic acids is 1. The summed E-state index contributed by atoms with van der Waals surface area (Å²) in [6, 6.07) is 1.09. The van der Waals surface area contributed by atoms with Gasteiger partial charge in [0.1, 0.15) is 0 Å². The van der Waals surface area contributed by atoms with Crippen molar-refractivity contribution in [2.75, 3.05) is 20.6 Å². The van der Waals surface area contributed by atoms with Gasteiger partial charge >= 0.3 is 0 Å². The van der Waals surface area contributed by atoms with Gasteiger partial charge in [-0.2, -0.15) is 0 Å². The molecule has 116 valence electrons. The van der Waals surface area contributed by atoms with E-state index in [1.807, 2.05) is 18.9 Å². The van der Waals surface area contributed by atoms with E-state index in [-0.39, 0.29) is 36.8 Å². The second kappa shape index (κ2) is 9.81. The predicted octanol–water partition coefficient (Wildman–Crippen LogP) is 1.90. The van der Waals surface area contributed by atoms with Crippen molar-refractivity contribution in [3.8, 4) is 0 Å². The first-order valence-electron chi connectivity index (χ1n) is 6.63. The van der Waals surface area contributed by atoms with Crippen LogP contribution in [0.3, 0.4) is 0 Å². The molecule has 0 radical (unpaired) electrons. The Morgan fingerprint density at radius 2 is 2.05 bits per heavy atom. The van der Waals surface area contributed by atoms with Gasteiger partial charge < -0.3 is 15.5 Å². The van der Waals surface area contributed by atoms with Crippen molar-refractivity contribution in [1.29, 1.82) is 0 Å². The maximum Gasteiger partial charge on any atom is 0.222 e. The summed E-state index contributed by atoms with van der Waals surface area (Å²) >= 11 is 0. The predicted molar refractivity (Wildman–Crippen MR) is 85.3 cm³/mol. The number of carbonyl (C=O) groups is 1. The van der Waals surface area contributed by atoms with E-state index < -0.39 is 0 Å². The molecule has 0 aromatic carbocycles. The van der Waals surface area contributed by atoms with Gasteiger partial charge in [-0.3, -0.25) is 4.79 Å². The normalized spacial score (nSPS) is 24.9. The Balaban J connectivity index is 0. The van der Waals surface area contributed by atoms with E-state index in [1.54, 1.807) is 0 Å². The van der Waals surface area contributed by atoms with Gasteiger partial charge in [0, 0.05) is 38.1 Å². The summed E-state index contributed by atoms with van der Waals surface area (Å²) in [7, 11) is 4.09. The van der Waals surface area contributed by atoms with Crippen LogP contribution in [-0.2, 0) is 4.79 Å². The number of hydrogen-bond donors (Lipinski definition) is 1. The summed E-state index contributed by atoms with van der Waals surface area (Å²) in [4.78, 5) is 16.3. The molecule has 1 amide bonds. The number of hydrogen-bond acceptors (Lipinski definition) is 3. The number of halogens is 2. The van der Waals surface area contributed by atoms with Crippen LogP contribution in [-0.4, -0.2) is 54.5 Å². The van der Waals surface area contributed by atoms with Crippen molar-refractivity contribution in [2.24, 2.45) is 5.73 Å². The monoisotopic (exact) mass is 313 g/mol. The molecular weight excluding hydrogens is 285 g/mol. The Bertz CT molecular complexity index is 264. The van der Waals surface area contributed by atoms with E-state index in [4.69, 9.17) is 5.73 Å². The third-order valence-electron chi connectivity index (χ3n) is 3.94. The quantitative estimate of drug-likeness (QED) is 0.862. The highest BCUT2D eigenvalue weighted by atomic mass is 35.5. The van der Waals surface area contributed by atoms with Crippen LogP contribution in [0.1, 0.15) is 39.5 Å². The van der Waals surface area contributed by atoms with Crippen LogP contribution >= 0.6 is 24.8 Å². The average molecular weight is 314 g/mol. The largest absolute Gasteiger partial charge is 0.343 e. The van der Waals surface area contributed by atoms with E-state index in [0.717, 1.165) is 25.8 Å². The summed E-state index contributed by atoms with van der Waals surface area (Å²) in [6.07, 6.45) is 3.53. The Morgan fingerprint density at radius 1 is 1.47 bits per heavy atom. The van der Waals surface area contributed by atoms with Crippen LogP contribution in [0.15, 0.2) is 0 Å². The van der Waals surface area contributed by atoms with Crippen LogP contribution in [0.5, 0.6) is 0 Å². The minimum absolute atomic E-state index is 0. The van der Waals surface area contributed by atoms with Crippen LogP contribution in [0, 0.1) is 0 Å².